The molecule has 0 spiro atoms. The summed E-state index contributed by atoms with van der Waals surface area (Å²) in [4.78, 5) is 32.5. The lowest BCUT2D eigenvalue weighted by molar-refractivity contribution is 0.0204. The molecular formula is C33H42FN5O5. The molecule has 1 aliphatic heterocycles. The molecule has 0 N–H and O–H groups in total. The summed E-state index contributed by atoms with van der Waals surface area (Å²) in [6, 6.07) is 5.36. The topological polar surface area (TPSA) is 100 Å². The fourth-order valence-corrected chi connectivity index (χ4v) is 5.92. The highest BCUT2D eigenvalue weighted by Crippen LogP contribution is 2.43. The van der Waals surface area contributed by atoms with Crippen molar-refractivity contribution in [3.05, 3.63) is 47.7 Å². The van der Waals surface area contributed by atoms with Gasteiger partial charge in [0.15, 0.2) is 11.4 Å². The van der Waals surface area contributed by atoms with Gasteiger partial charge in [-0.25, -0.2) is 28.0 Å². The molecule has 0 saturated carbocycles. The van der Waals surface area contributed by atoms with Crippen LogP contribution in [0.1, 0.15) is 91.2 Å². The molecule has 5 rings (SSSR count). The lowest BCUT2D eigenvalue weighted by Crippen LogP contribution is -2.41. The van der Waals surface area contributed by atoms with Crippen LogP contribution in [-0.2, 0) is 9.47 Å². The highest BCUT2D eigenvalue weighted by molar-refractivity contribution is 6.01. The van der Waals surface area contributed by atoms with Crippen molar-refractivity contribution in [3.8, 4) is 17.0 Å². The first kappa shape index (κ1) is 31.3. The minimum absolute atomic E-state index is 0.0991. The van der Waals surface area contributed by atoms with Gasteiger partial charge in [-0.3, -0.25) is 0 Å². The molecule has 1 fully saturated rings. The van der Waals surface area contributed by atoms with Crippen LogP contribution in [0, 0.1) is 5.82 Å². The Labute approximate surface area is 257 Å². The minimum Gasteiger partial charge on any atom is -0.493 e. The number of fused-ring (bicyclic) bond motifs is 2. The number of ether oxygens (including phenoxy) is 3. The molecule has 0 atom stereocenters. The van der Waals surface area contributed by atoms with E-state index in [1.54, 1.807) is 61.7 Å². The van der Waals surface area contributed by atoms with Crippen molar-refractivity contribution in [2.45, 2.75) is 91.3 Å². The quantitative estimate of drug-likeness (QED) is 0.237. The maximum Gasteiger partial charge on any atom is 0.419 e. The zero-order valence-corrected chi connectivity index (χ0v) is 27.0. The summed E-state index contributed by atoms with van der Waals surface area (Å²) < 4.78 is 36.9. The van der Waals surface area contributed by atoms with E-state index >= 15 is 4.39 Å². The second kappa shape index (κ2) is 11.4. The van der Waals surface area contributed by atoms with Crippen molar-refractivity contribution in [2.75, 3.05) is 20.2 Å². The fraction of sp³-hybridized carbons (Fsp3) is 0.515. The molecule has 4 heterocycles. The highest BCUT2D eigenvalue weighted by atomic mass is 19.1. The van der Waals surface area contributed by atoms with Crippen LogP contribution in [0.2, 0.25) is 0 Å². The number of benzene rings is 1. The number of carbonyl (C=O) groups is 2. The number of hydrogen-bond donors (Lipinski definition) is 0. The predicted molar refractivity (Wildman–Crippen MR) is 166 cm³/mol. The van der Waals surface area contributed by atoms with Gasteiger partial charge in [-0.05, 0) is 89.5 Å². The van der Waals surface area contributed by atoms with Crippen LogP contribution in [0.5, 0.6) is 5.75 Å². The molecular weight excluding hydrogens is 565 g/mol. The Morgan fingerprint density at radius 2 is 1.64 bits per heavy atom. The third-order valence-electron chi connectivity index (χ3n) is 7.71. The van der Waals surface area contributed by atoms with Crippen LogP contribution in [0.15, 0.2) is 30.7 Å². The maximum atomic E-state index is 16.9. The zero-order valence-electron chi connectivity index (χ0n) is 27.0. The van der Waals surface area contributed by atoms with Crippen molar-refractivity contribution >= 4 is 28.7 Å². The molecule has 11 heteroatoms. The monoisotopic (exact) mass is 607 g/mol. The van der Waals surface area contributed by atoms with Crippen LogP contribution in [0.4, 0.5) is 14.0 Å². The summed E-state index contributed by atoms with van der Waals surface area (Å²) in [6.07, 6.45) is 3.41. The zero-order chi connectivity index (χ0) is 32.1. The minimum atomic E-state index is -0.781. The molecule has 1 saturated heterocycles. The molecule has 0 radical (unpaired) electrons. The molecule has 0 bridgehead atoms. The van der Waals surface area contributed by atoms with Crippen molar-refractivity contribution in [3.63, 3.8) is 0 Å². The third-order valence-corrected chi connectivity index (χ3v) is 7.71. The van der Waals surface area contributed by atoms with Crippen LogP contribution in [0.3, 0.4) is 0 Å². The number of pyridine rings is 1. The lowest BCUT2D eigenvalue weighted by atomic mass is 9.87. The van der Waals surface area contributed by atoms with E-state index in [1.165, 1.54) is 10.9 Å². The van der Waals surface area contributed by atoms with Gasteiger partial charge in [0, 0.05) is 30.2 Å². The number of halogens is 1. The van der Waals surface area contributed by atoms with E-state index in [4.69, 9.17) is 14.2 Å². The molecule has 0 unspecified atom stereocenters. The van der Waals surface area contributed by atoms with Crippen LogP contribution >= 0.6 is 0 Å². The normalized spacial score (nSPS) is 14.9. The second-order valence-corrected chi connectivity index (χ2v) is 13.7. The Balaban J connectivity index is 1.66. The third kappa shape index (κ3) is 5.96. The van der Waals surface area contributed by atoms with Gasteiger partial charge in [0.1, 0.15) is 23.3 Å². The molecule has 1 amide bonds. The van der Waals surface area contributed by atoms with Gasteiger partial charge in [-0.15, -0.1) is 0 Å². The molecule has 3 aromatic heterocycles. The number of amides is 1. The van der Waals surface area contributed by atoms with Crippen LogP contribution < -0.4 is 4.74 Å². The van der Waals surface area contributed by atoms with E-state index < -0.39 is 17.3 Å². The molecule has 0 aliphatic carbocycles. The summed E-state index contributed by atoms with van der Waals surface area (Å²) in [5.74, 6) is -0.154. The van der Waals surface area contributed by atoms with Gasteiger partial charge < -0.3 is 19.1 Å². The smallest absolute Gasteiger partial charge is 0.419 e. The van der Waals surface area contributed by atoms with Crippen molar-refractivity contribution in [1.29, 1.82) is 0 Å². The maximum absolute atomic E-state index is 16.9. The van der Waals surface area contributed by atoms with E-state index in [1.807, 2.05) is 34.6 Å². The van der Waals surface area contributed by atoms with Crippen molar-refractivity contribution in [1.82, 2.24) is 24.1 Å². The van der Waals surface area contributed by atoms with Crippen molar-refractivity contribution < 1.29 is 28.2 Å². The number of nitrogens with zero attached hydrogens (tertiary/aromatic N) is 5. The first-order valence-corrected chi connectivity index (χ1v) is 15.1. The van der Waals surface area contributed by atoms with E-state index in [9.17, 15) is 9.59 Å². The number of rotatable bonds is 4. The van der Waals surface area contributed by atoms with Crippen LogP contribution in [0.25, 0.3) is 27.8 Å². The molecule has 1 aliphatic rings. The van der Waals surface area contributed by atoms with Gasteiger partial charge in [0.05, 0.1) is 18.3 Å². The SMILES string of the molecule is COc1cc(-c2c(C(C)C)c3c(F)c(C4CCN(C(=O)OC(C)(C)C)CC4)ccc3n2C(=O)OC(C)(C)C)cn2ncnc12. The number of carbonyl (C=O) groups excluding carboxylic acids is 2. The second-order valence-electron chi connectivity index (χ2n) is 13.7. The molecule has 236 valence electrons. The predicted octanol–water partition coefficient (Wildman–Crippen LogP) is 7.52. The van der Waals surface area contributed by atoms with E-state index in [0.717, 1.165) is 0 Å². The van der Waals surface area contributed by atoms with E-state index in [0.29, 0.717) is 70.6 Å². The van der Waals surface area contributed by atoms with Gasteiger partial charge >= 0.3 is 12.2 Å². The van der Waals surface area contributed by atoms with E-state index in [-0.39, 0.29) is 23.7 Å². The summed E-state index contributed by atoms with van der Waals surface area (Å²) in [7, 11) is 1.54. The number of piperidine rings is 1. The first-order chi connectivity index (χ1) is 20.6. The Bertz CT molecular complexity index is 1720. The summed E-state index contributed by atoms with van der Waals surface area (Å²) in [5, 5.41) is 4.68. The van der Waals surface area contributed by atoms with Crippen LogP contribution in [-0.4, -0.2) is 67.7 Å². The Kier molecular flexibility index (Phi) is 8.11. The Morgan fingerprint density at radius 1 is 1.00 bits per heavy atom. The molecule has 4 aromatic rings. The summed E-state index contributed by atoms with van der Waals surface area (Å²) in [6.45, 7) is 15.8. The Hall–Kier alpha value is -4.15. The molecule has 1 aromatic carbocycles. The van der Waals surface area contributed by atoms with Gasteiger partial charge in [0.2, 0.25) is 0 Å². The first-order valence-electron chi connectivity index (χ1n) is 15.1. The van der Waals surface area contributed by atoms with Gasteiger partial charge in [-0.1, -0.05) is 19.9 Å². The van der Waals surface area contributed by atoms with E-state index in [2.05, 4.69) is 10.1 Å². The fourth-order valence-electron chi connectivity index (χ4n) is 5.92. The summed E-state index contributed by atoms with van der Waals surface area (Å²) in [5.41, 5.74) is 1.94. The lowest BCUT2D eigenvalue weighted by Gasteiger charge is -2.33. The van der Waals surface area contributed by atoms with Gasteiger partial charge in [-0.2, -0.15) is 5.10 Å². The molecule has 10 nitrogen and oxygen atoms in total. The Morgan fingerprint density at radius 3 is 2.23 bits per heavy atom. The highest BCUT2D eigenvalue weighted by Gasteiger charge is 2.33. The number of methoxy groups -OCH3 is 1. The average molecular weight is 608 g/mol. The standard InChI is InChI=1S/C33H42FN5O5/c1-19(2)25-26-23(11-10-22(27(26)34)20-12-14-37(15-13-20)30(40)43-32(3,4)5)39(31(41)44-33(6,7)8)28(25)21-16-24(42-9)29-35-18-36-38(29)17-21/h10-11,16-20H,12-15H2,1-9H3. The van der Waals surface area contributed by atoms with Crippen molar-refractivity contribution in [2.24, 2.45) is 0 Å². The average Bonchev–Trinajstić information content (AvgIpc) is 3.54. The number of likely N-dealkylation sites (tertiary alicyclic amines) is 1. The van der Waals surface area contributed by atoms with Gasteiger partial charge in [0.25, 0.3) is 0 Å². The molecule has 44 heavy (non-hydrogen) atoms. The number of aromatic nitrogens is 4. The number of hydrogen-bond acceptors (Lipinski definition) is 7. The largest absolute Gasteiger partial charge is 0.493 e. The summed E-state index contributed by atoms with van der Waals surface area (Å²) >= 11 is 0.